The first kappa shape index (κ1) is 16.8. The summed E-state index contributed by atoms with van der Waals surface area (Å²) in [6, 6.07) is 12.6. The van der Waals surface area contributed by atoms with Gasteiger partial charge in [-0.25, -0.2) is 4.39 Å². The summed E-state index contributed by atoms with van der Waals surface area (Å²) < 4.78 is 13.4. The largest absolute Gasteiger partial charge is 0.369 e. The van der Waals surface area contributed by atoms with Crippen LogP contribution >= 0.6 is 11.6 Å². The van der Waals surface area contributed by atoms with Gasteiger partial charge in [0.2, 0.25) is 0 Å². The van der Waals surface area contributed by atoms with Crippen LogP contribution in [-0.4, -0.2) is 31.1 Å². The van der Waals surface area contributed by atoms with E-state index < -0.39 is 0 Å². The zero-order valence-corrected chi connectivity index (χ0v) is 14.4. The third kappa shape index (κ3) is 3.69. The Kier molecular flexibility index (Phi) is 5.03. The second kappa shape index (κ2) is 7.21. The molecule has 0 bridgehead atoms. The monoisotopic (exact) mass is 343 g/mol. The lowest BCUT2D eigenvalue weighted by molar-refractivity contribution is 0.249. The zero-order valence-electron chi connectivity index (χ0n) is 13.6. The van der Waals surface area contributed by atoms with Gasteiger partial charge in [-0.2, -0.15) is 5.26 Å². The predicted octanol–water partition coefficient (Wildman–Crippen LogP) is 3.98. The van der Waals surface area contributed by atoms with E-state index in [2.05, 4.69) is 21.9 Å². The van der Waals surface area contributed by atoms with Gasteiger partial charge in [-0.3, -0.25) is 4.90 Å². The molecule has 0 radical (unpaired) electrons. The lowest BCUT2D eigenvalue weighted by Gasteiger charge is -2.36. The minimum absolute atomic E-state index is 0.292. The summed E-state index contributed by atoms with van der Waals surface area (Å²) in [6.07, 6.45) is 0. The summed E-state index contributed by atoms with van der Waals surface area (Å²) >= 11 is 6.09. The lowest BCUT2D eigenvalue weighted by Crippen LogP contribution is -2.46. The Morgan fingerprint density at radius 1 is 1.12 bits per heavy atom. The fraction of sp³-hybridized carbons (Fsp3) is 0.316. The third-order valence-electron chi connectivity index (χ3n) is 4.46. The summed E-state index contributed by atoms with van der Waals surface area (Å²) in [5, 5.41) is 9.95. The maximum Gasteiger partial charge on any atom is 0.123 e. The molecule has 24 heavy (non-hydrogen) atoms. The molecule has 0 amide bonds. The number of hydrogen-bond donors (Lipinski definition) is 0. The van der Waals surface area contributed by atoms with Crippen LogP contribution < -0.4 is 4.90 Å². The molecule has 0 N–H and O–H groups in total. The van der Waals surface area contributed by atoms with E-state index in [-0.39, 0.29) is 5.82 Å². The molecule has 1 aliphatic rings. The highest BCUT2D eigenvalue weighted by atomic mass is 35.5. The molecule has 2 aromatic carbocycles. The van der Waals surface area contributed by atoms with Gasteiger partial charge in [0.05, 0.1) is 11.6 Å². The van der Waals surface area contributed by atoms with Gasteiger partial charge in [0.15, 0.2) is 0 Å². The van der Waals surface area contributed by atoms with Gasteiger partial charge in [0.25, 0.3) is 0 Å². The molecule has 0 spiro atoms. The lowest BCUT2D eigenvalue weighted by atomic mass is 10.1. The number of piperazine rings is 1. The molecule has 0 saturated carbocycles. The molecular formula is C19H19ClFN3. The highest BCUT2D eigenvalue weighted by molar-refractivity contribution is 6.31. The predicted molar refractivity (Wildman–Crippen MR) is 94.8 cm³/mol. The van der Waals surface area contributed by atoms with Crippen molar-refractivity contribution in [2.75, 3.05) is 31.1 Å². The molecule has 0 unspecified atom stereocenters. The average molecular weight is 344 g/mol. The van der Waals surface area contributed by atoms with Crippen molar-refractivity contribution in [1.29, 1.82) is 5.26 Å². The van der Waals surface area contributed by atoms with Crippen LogP contribution in [-0.2, 0) is 6.54 Å². The molecule has 1 fully saturated rings. The number of nitrogens with zero attached hydrogens (tertiary/aromatic N) is 3. The smallest absolute Gasteiger partial charge is 0.123 e. The number of halogens is 2. The number of aryl methyl sites for hydroxylation is 1. The van der Waals surface area contributed by atoms with Crippen molar-refractivity contribution in [3.8, 4) is 6.07 Å². The van der Waals surface area contributed by atoms with E-state index in [0.29, 0.717) is 12.1 Å². The van der Waals surface area contributed by atoms with E-state index >= 15 is 0 Å². The maximum absolute atomic E-state index is 13.4. The summed E-state index contributed by atoms with van der Waals surface area (Å²) in [7, 11) is 0. The molecule has 0 aliphatic carbocycles. The fourth-order valence-electron chi connectivity index (χ4n) is 3.03. The zero-order chi connectivity index (χ0) is 17.1. The number of nitriles is 1. The first-order valence-corrected chi connectivity index (χ1v) is 8.36. The van der Waals surface area contributed by atoms with Crippen LogP contribution in [0.15, 0.2) is 36.4 Å². The van der Waals surface area contributed by atoms with Crippen molar-refractivity contribution in [3.05, 3.63) is 63.9 Å². The maximum atomic E-state index is 13.4. The highest BCUT2D eigenvalue weighted by Crippen LogP contribution is 2.24. The van der Waals surface area contributed by atoms with Gasteiger partial charge in [-0.05, 0) is 54.4 Å². The van der Waals surface area contributed by atoms with E-state index in [1.54, 1.807) is 6.07 Å². The molecule has 0 atom stereocenters. The molecule has 5 heteroatoms. The summed E-state index contributed by atoms with van der Waals surface area (Å²) in [4.78, 5) is 4.59. The second-order valence-corrected chi connectivity index (χ2v) is 6.52. The third-order valence-corrected chi connectivity index (χ3v) is 4.88. The van der Waals surface area contributed by atoms with Crippen LogP contribution in [0.4, 0.5) is 10.1 Å². The van der Waals surface area contributed by atoms with Crippen molar-refractivity contribution in [2.24, 2.45) is 0 Å². The topological polar surface area (TPSA) is 30.3 Å². The first-order valence-electron chi connectivity index (χ1n) is 7.99. The Hall–Kier alpha value is -2.09. The molecule has 3 rings (SSSR count). The van der Waals surface area contributed by atoms with Crippen LogP contribution in [0.2, 0.25) is 5.02 Å². The number of hydrogen-bond acceptors (Lipinski definition) is 3. The fourth-order valence-corrected chi connectivity index (χ4v) is 3.15. The summed E-state index contributed by atoms with van der Waals surface area (Å²) in [6.45, 7) is 6.17. The van der Waals surface area contributed by atoms with E-state index in [1.165, 1.54) is 17.8 Å². The minimum Gasteiger partial charge on any atom is -0.369 e. The van der Waals surface area contributed by atoms with Gasteiger partial charge in [0.1, 0.15) is 5.82 Å². The van der Waals surface area contributed by atoms with Gasteiger partial charge in [0, 0.05) is 43.4 Å². The van der Waals surface area contributed by atoms with Crippen LogP contribution in [0.1, 0.15) is 16.7 Å². The van der Waals surface area contributed by atoms with E-state index in [4.69, 9.17) is 16.9 Å². The highest BCUT2D eigenvalue weighted by Gasteiger charge is 2.19. The molecule has 2 aromatic rings. The molecule has 0 aromatic heterocycles. The molecule has 1 heterocycles. The Labute approximate surface area is 146 Å². The van der Waals surface area contributed by atoms with Crippen LogP contribution in [0.5, 0.6) is 0 Å². The van der Waals surface area contributed by atoms with E-state index in [0.717, 1.165) is 42.3 Å². The average Bonchev–Trinajstić information content (AvgIpc) is 2.58. The van der Waals surface area contributed by atoms with Crippen LogP contribution in [0.3, 0.4) is 0 Å². The SMILES string of the molecule is Cc1cc(N2CCN(Cc3cc(F)ccc3C#N)CC2)ccc1Cl. The standard InChI is InChI=1S/C19H19ClFN3/c1-14-10-18(4-5-19(14)20)24-8-6-23(7-9-24)13-16-11-17(21)3-2-15(16)12-22/h2-5,10-11H,6-9,13H2,1H3. The van der Waals surface area contributed by atoms with Crippen LogP contribution in [0.25, 0.3) is 0 Å². The van der Waals surface area contributed by atoms with Crippen LogP contribution in [0, 0.1) is 24.1 Å². The number of anilines is 1. The van der Waals surface area contributed by atoms with Gasteiger partial charge in [-0.1, -0.05) is 11.6 Å². The summed E-state index contributed by atoms with van der Waals surface area (Å²) in [5.41, 5.74) is 3.57. The Bertz CT molecular complexity index is 777. The molecule has 1 saturated heterocycles. The Balaban J connectivity index is 1.64. The Morgan fingerprint density at radius 2 is 1.88 bits per heavy atom. The minimum atomic E-state index is -0.292. The van der Waals surface area contributed by atoms with E-state index in [9.17, 15) is 4.39 Å². The summed E-state index contributed by atoms with van der Waals surface area (Å²) in [5.74, 6) is -0.292. The van der Waals surface area contributed by atoms with Crippen molar-refractivity contribution >= 4 is 17.3 Å². The Morgan fingerprint density at radius 3 is 2.54 bits per heavy atom. The quantitative estimate of drug-likeness (QED) is 0.844. The van der Waals surface area contributed by atoms with Crippen molar-refractivity contribution in [2.45, 2.75) is 13.5 Å². The molecule has 1 aliphatic heterocycles. The first-order chi connectivity index (χ1) is 11.6. The second-order valence-electron chi connectivity index (χ2n) is 6.11. The number of benzene rings is 2. The molecule has 3 nitrogen and oxygen atoms in total. The van der Waals surface area contributed by atoms with Gasteiger partial charge < -0.3 is 4.90 Å². The van der Waals surface area contributed by atoms with Crippen molar-refractivity contribution in [1.82, 2.24) is 4.90 Å². The number of rotatable bonds is 3. The van der Waals surface area contributed by atoms with Crippen molar-refractivity contribution in [3.63, 3.8) is 0 Å². The van der Waals surface area contributed by atoms with Crippen molar-refractivity contribution < 1.29 is 4.39 Å². The normalized spacial score (nSPS) is 15.3. The molecule has 124 valence electrons. The molecular weight excluding hydrogens is 325 g/mol. The van der Waals surface area contributed by atoms with Gasteiger partial charge in [-0.15, -0.1) is 0 Å². The van der Waals surface area contributed by atoms with Gasteiger partial charge >= 0.3 is 0 Å². The van der Waals surface area contributed by atoms with E-state index in [1.807, 2.05) is 19.1 Å².